The van der Waals surface area contributed by atoms with E-state index in [0.717, 1.165) is 5.56 Å². The van der Waals surface area contributed by atoms with Gasteiger partial charge in [-0.05, 0) is 22.9 Å². The molecule has 0 aliphatic carbocycles. The predicted molar refractivity (Wildman–Crippen MR) is 86.6 cm³/mol. The lowest BCUT2D eigenvalue weighted by atomic mass is 10.1. The molecule has 0 unspecified atom stereocenters. The Balaban J connectivity index is 1.95. The molecule has 0 fully saturated rings. The molecule has 0 aliphatic heterocycles. The van der Waals surface area contributed by atoms with Gasteiger partial charge in [0, 0.05) is 6.54 Å². The van der Waals surface area contributed by atoms with Crippen molar-refractivity contribution in [2.75, 3.05) is 0 Å². The van der Waals surface area contributed by atoms with Gasteiger partial charge in [0.25, 0.3) is 5.91 Å². The van der Waals surface area contributed by atoms with Crippen molar-refractivity contribution in [3.63, 3.8) is 0 Å². The average molecular weight is 317 g/mol. The number of amides is 1. The predicted octanol–water partition coefficient (Wildman–Crippen LogP) is 3.25. The summed E-state index contributed by atoms with van der Waals surface area (Å²) in [6.07, 6.45) is -0.793. The van der Waals surface area contributed by atoms with Crippen LogP contribution < -0.4 is 5.32 Å². The molecule has 0 bridgehead atoms. The van der Waals surface area contributed by atoms with E-state index >= 15 is 0 Å². The van der Waals surface area contributed by atoms with Crippen molar-refractivity contribution >= 4 is 23.2 Å². The highest BCUT2D eigenvalue weighted by Gasteiger charge is 2.27. The highest BCUT2D eigenvalue weighted by Crippen LogP contribution is 2.15. The fraction of sp³-hybridized carbons (Fsp3) is 0.294. The van der Waals surface area contributed by atoms with Crippen LogP contribution in [0.15, 0.2) is 47.8 Å². The minimum atomic E-state index is -0.793. The number of carbonyl (C=O) groups is 2. The Morgan fingerprint density at radius 2 is 1.86 bits per heavy atom. The van der Waals surface area contributed by atoms with Crippen LogP contribution in [-0.4, -0.2) is 18.0 Å². The van der Waals surface area contributed by atoms with E-state index in [1.165, 1.54) is 11.3 Å². The number of hydrogen-bond donors (Lipinski definition) is 1. The van der Waals surface area contributed by atoms with Crippen LogP contribution in [0.4, 0.5) is 0 Å². The third-order valence-electron chi connectivity index (χ3n) is 3.13. The first-order valence-corrected chi connectivity index (χ1v) is 8.02. The van der Waals surface area contributed by atoms with E-state index in [4.69, 9.17) is 4.74 Å². The quantitative estimate of drug-likeness (QED) is 0.832. The van der Waals surface area contributed by atoms with Crippen LogP contribution in [0.5, 0.6) is 0 Å². The monoisotopic (exact) mass is 317 g/mol. The number of benzene rings is 1. The smallest absolute Gasteiger partial charge is 0.349 e. The molecule has 22 heavy (non-hydrogen) atoms. The maximum Gasteiger partial charge on any atom is 0.349 e. The molecule has 5 heteroatoms. The molecule has 4 nitrogen and oxygen atoms in total. The van der Waals surface area contributed by atoms with Crippen LogP contribution in [-0.2, 0) is 16.1 Å². The van der Waals surface area contributed by atoms with Gasteiger partial charge in [0.1, 0.15) is 4.88 Å². The summed E-state index contributed by atoms with van der Waals surface area (Å²) >= 11 is 1.30. The maximum atomic E-state index is 12.3. The van der Waals surface area contributed by atoms with E-state index in [1.807, 2.05) is 44.2 Å². The second-order valence-electron chi connectivity index (χ2n) is 5.25. The first kappa shape index (κ1) is 16.2. The van der Waals surface area contributed by atoms with Crippen LogP contribution >= 0.6 is 11.3 Å². The Hall–Kier alpha value is -2.14. The molecular formula is C17H19NO3S. The van der Waals surface area contributed by atoms with Crippen molar-refractivity contribution < 1.29 is 14.3 Å². The molecule has 0 aliphatic rings. The topological polar surface area (TPSA) is 55.4 Å². The second-order valence-corrected chi connectivity index (χ2v) is 6.20. The number of carbonyl (C=O) groups excluding carboxylic acids is 2. The number of esters is 1. The van der Waals surface area contributed by atoms with Crippen molar-refractivity contribution in [3.05, 3.63) is 58.3 Å². The summed E-state index contributed by atoms with van der Waals surface area (Å²) in [7, 11) is 0. The van der Waals surface area contributed by atoms with Crippen molar-refractivity contribution in [1.82, 2.24) is 5.32 Å². The summed E-state index contributed by atoms with van der Waals surface area (Å²) in [6, 6.07) is 13.1. The Kier molecular flexibility index (Phi) is 5.72. The summed E-state index contributed by atoms with van der Waals surface area (Å²) in [5.41, 5.74) is 1.00. The zero-order chi connectivity index (χ0) is 15.9. The van der Waals surface area contributed by atoms with Gasteiger partial charge in [0.15, 0.2) is 6.10 Å². The highest BCUT2D eigenvalue weighted by molar-refractivity contribution is 7.11. The van der Waals surface area contributed by atoms with Crippen LogP contribution in [0.25, 0.3) is 0 Å². The fourth-order valence-corrected chi connectivity index (χ4v) is 2.55. The molecule has 0 saturated carbocycles. The molecule has 1 N–H and O–H groups in total. The van der Waals surface area contributed by atoms with E-state index in [9.17, 15) is 9.59 Å². The summed E-state index contributed by atoms with van der Waals surface area (Å²) in [5, 5.41) is 4.62. The Morgan fingerprint density at radius 1 is 1.14 bits per heavy atom. The molecule has 0 radical (unpaired) electrons. The van der Waals surface area contributed by atoms with Gasteiger partial charge in [0.2, 0.25) is 0 Å². The standard InChI is InChI=1S/C17H19NO3S/c1-12(2)15(21-17(20)14-9-6-10-22-14)16(19)18-11-13-7-4-3-5-8-13/h3-10,12,15H,11H2,1-2H3,(H,18,19)/t15-/m1/s1. The molecule has 1 aromatic heterocycles. The Morgan fingerprint density at radius 3 is 2.45 bits per heavy atom. The van der Waals surface area contributed by atoms with E-state index in [-0.39, 0.29) is 11.8 Å². The van der Waals surface area contributed by atoms with Crippen molar-refractivity contribution in [2.24, 2.45) is 5.92 Å². The number of hydrogen-bond acceptors (Lipinski definition) is 4. The minimum Gasteiger partial charge on any atom is -0.448 e. The van der Waals surface area contributed by atoms with Crippen LogP contribution in [0.2, 0.25) is 0 Å². The van der Waals surface area contributed by atoms with Gasteiger partial charge < -0.3 is 10.1 Å². The summed E-state index contributed by atoms with van der Waals surface area (Å²) < 4.78 is 5.37. The van der Waals surface area contributed by atoms with E-state index in [2.05, 4.69) is 5.32 Å². The Bertz CT molecular complexity index is 608. The molecule has 1 heterocycles. The zero-order valence-corrected chi connectivity index (χ0v) is 13.4. The van der Waals surface area contributed by atoms with Gasteiger partial charge in [-0.2, -0.15) is 0 Å². The molecule has 1 aromatic carbocycles. The van der Waals surface area contributed by atoms with Gasteiger partial charge in [-0.1, -0.05) is 50.2 Å². The first-order chi connectivity index (χ1) is 10.6. The summed E-state index contributed by atoms with van der Waals surface area (Å²) in [5.74, 6) is -0.827. The lowest BCUT2D eigenvalue weighted by molar-refractivity contribution is -0.132. The van der Waals surface area contributed by atoms with E-state index in [1.54, 1.807) is 17.5 Å². The second kappa shape index (κ2) is 7.75. The van der Waals surface area contributed by atoms with Crippen molar-refractivity contribution in [3.8, 4) is 0 Å². The number of ether oxygens (including phenoxy) is 1. The molecule has 1 amide bonds. The molecular weight excluding hydrogens is 298 g/mol. The lowest BCUT2D eigenvalue weighted by Gasteiger charge is -2.20. The summed E-state index contributed by atoms with van der Waals surface area (Å²) in [4.78, 5) is 24.8. The SMILES string of the molecule is CC(C)[C@@H](OC(=O)c1cccs1)C(=O)NCc1ccccc1. The fourth-order valence-electron chi connectivity index (χ4n) is 1.95. The minimum absolute atomic E-state index is 0.0975. The maximum absolute atomic E-state index is 12.3. The largest absolute Gasteiger partial charge is 0.448 e. The van der Waals surface area contributed by atoms with Gasteiger partial charge in [-0.25, -0.2) is 4.79 Å². The van der Waals surface area contributed by atoms with Crippen LogP contribution in [0.3, 0.4) is 0 Å². The zero-order valence-electron chi connectivity index (χ0n) is 12.6. The summed E-state index contributed by atoms with van der Waals surface area (Å²) in [6.45, 7) is 4.13. The number of rotatable bonds is 6. The van der Waals surface area contributed by atoms with Crippen molar-refractivity contribution in [1.29, 1.82) is 0 Å². The third-order valence-corrected chi connectivity index (χ3v) is 3.98. The lowest BCUT2D eigenvalue weighted by Crippen LogP contribution is -2.40. The Labute approximate surface area is 134 Å². The van der Waals surface area contributed by atoms with E-state index < -0.39 is 12.1 Å². The molecule has 116 valence electrons. The molecule has 2 aromatic rings. The first-order valence-electron chi connectivity index (χ1n) is 7.14. The molecule has 0 spiro atoms. The number of thiophene rings is 1. The molecule has 2 rings (SSSR count). The van der Waals surface area contributed by atoms with Crippen molar-refractivity contribution in [2.45, 2.75) is 26.5 Å². The van der Waals surface area contributed by atoms with Gasteiger partial charge in [-0.15, -0.1) is 11.3 Å². The molecule has 1 atom stereocenters. The normalized spacial score (nSPS) is 12.0. The van der Waals surface area contributed by atoms with Crippen LogP contribution in [0, 0.1) is 5.92 Å². The van der Waals surface area contributed by atoms with Gasteiger partial charge in [-0.3, -0.25) is 4.79 Å². The van der Waals surface area contributed by atoms with Gasteiger partial charge in [0.05, 0.1) is 0 Å². The highest BCUT2D eigenvalue weighted by atomic mass is 32.1. The third kappa shape index (κ3) is 4.43. The average Bonchev–Trinajstić information content (AvgIpc) is 3.05. The van der Waals surface area contributed by atoms with E-state index in [0.29, 0.717) is 11.4 Å². The number of nitrogens with one attached hydrogen (secondary N) is 1. The molecule has 0 saturated heterocycles. The van der Waals surface area contributed by atoms with Crippen LogP contribution in [0.1, 0.15) is 29.1 Å². The van der Waals surface area contributed by atoms with Gasteiger partial charge >= 0.3 is 5.97 Å².